The SMILES string of the molecule is CC(C)(C)c1csc(NC(=O)C2CCC(C(=O)O)O2)n1. The number of carbonyl (C=O) groups excluding carboxylic acids is 1. The zero-order valence-corrected chi connectivity index (χ0v) is 12.5. The molecule has 1 aromatic rings. The van der Waals surface area contributed by atoms with Crippen molar-refractivity contribution in [3.05, 3.63) is 11.1 Å². The third kappa shape index (κ3) is 3.34. The summed E-state index contributed by atoms with van der Waals surface area (Å²) in [6, 6.07) is 0. The largest absolute Gasteiger partial charge is 0.479 e. The van der Waals surface area contributed by atoms with Gasteiger partial charge in [-0.3, -0.25) is 10.1 Å². The summed E-state index contributed by atoms with van der Waals surface area (Å²) in [4.78, 5) is 27.1. The molecule has 6 nitrogen and oxygen atoms in total. The van der Waals surface area contributed by atoms with E-state index < -0.39 is 18.2 Å². The number of aliphatic carboxylic acids is 1. The van der Waals surface area contributed by atoms with Gasteiger partial charge in [-0.25, -0.2) is 9.78 Å². The average Bonchev–Trinajstić information content (AvgIpc) is 2.95. The lowest BCUT2D eigenvalue weighted by atomic mass is 9.93. The quantitative estimate of drug-likeness (QED) is 0.891. The summed E-state index contributed by atoms with van der Waals surface area (Å²) in [7, 11) is 0. The van der Waals surface area contributed by atoms with Crippen molar-refractivity contribution in [2.24, 2.45) is 0 Å². The van der Waals surface area contributed by atoms with Gasteiger partial charge in [0, 0.05) is 10.8 Å². The molecule has 0 saturated carbocycles. The predicted octanol–water partition coefficient (Wildman–Crippen LogP) is 2.01. The molecule has 7 heteroatoms. The molecular weight excluding hydrogens is 280 g/mol. The normalized spacial score (nSPS) is 22.8. The third-order valence-corrected chi connectivity index (χ3v) is 3.85. The number of ether oxygens (including phenoxy) is 1. The maximum atomic E-state index is 12.0. The summed E-state index contributed by atoms with van der Waals surface area (Å²) in [5.41, 5.74) is 0.839. The monoisotopic (exact) mass is 298 g/mol. The van der Waals surface area contributed by atoms with Crippen LogP contribution in [0.15, 0.2) is 5.38 Å². The van der Waals surface area contributed by atoms with E-state index >= 15 is 0 Å². The Morgan fingerprint density at radius 1 is 1.40 bits per heavy atom. The second-order valence-electron chi connectivity index (χ2n) is 5.81. The lowest BCUT2D eigenvalue weighted by molar-refractivity contribution is -0.150. The van der Waals surface area contributed by atoms with E-state index in [1.165, 1.54) is 11.3 Å². The molecule has 110 valence electrons. The molecule has 1 aliphatic heterocycles. The molecule has 0 aromatic carbocycles. The van der Waals surface area contributed by atoms with Crippen molar-refractivity contribution < 1.29 is 19.4 Å². The van der Waals surface area contributed by atoms with Crippen molar-refractivity contribution in [3.63, 3.8) is 0 Å². The van der Waals surface area contributed by atoms with Gasteiger partial charge in [-0.15, -0.1) is 11.3 Å². The van der Waals surface area contributed by atoms with E-state index in [0.717, 1.165) is 5.69 Å². The Hall–Kier alpha value is -1.47. The summed E-state index contributed by atoms with van der Waals surface area (Å²) in [5, 5.41) is 13.9. The molecule has 1 aliphatic rings. The van der Waals surface area contributed by atoms with Crippen LogP contribution in [0.4, 0.5) is 5.13 Å². The van der Waals surface area contributed by atoms with E-state index in [0.29, 0.717) is 18.0 Å². The zero-order chi connectivity index (χ0) is 14.9. The number of aromatic nitrogens is 1. The van der Waals surface area contributed by atoms with Crippen molar-refractivity contribution >= 4 is 28.3 Å². The van der Waals surface area contributed by atoms with Crippen LogP contribution in [0.5, 0.6) is 0 Å². The summed E-state index contributed by atoms with van der Waals surface area (Å²) in [6.07, 6.45) is -0.816. The Morgan fingerprint density at radius 2 is 2.05 bits per heavy atom. The molecule has 0 spiro atoms. The number of nitrogens with zero attached hydrogens (tertiary/aromatic N) is 1. The number of hydrogen-bond donors (Lipinski definition) is 2. The molecule has 0 aliphatic carbocycles. The highest BCUT2D eigenvalue weighted by molar-refractivity contribution is 7.13. The molecule has 0 bridgehead atoms. The molecule has 2 unspecified atom stereocenters. The Morgan fingerprint density at radius 3 is 2.55 bits per heavy atom. The highest BCUT2D eigenvalue weighted by Crippen LogP contribution is 2.27. The van der Waals surface area contributed by atoms with Gasteiger partial charge in [0.2, 0.25) is 0 Å². The number of nitrogens with one attached hydrogen (secondary N) is 1. The number of amides is 1. The lowest BCUT2D eigenvalue weighted by Gasteiger charge is -2.14. The van der Waals surface area contributed by atoms with Gasteiger partial charge in [0.05, 0.1) is 5.69 Å². The smallest absolute Gasteiger partial charge is 0.332 e. The van der Waals surface area contributed by atoms with Gasteiger partial charge in [0.1, 0.15) is 6.10 Å². The second-order valence-corrected chi connectivity index (χ2v) is 6.66. The molecule has 0 radical (unpaired) electrons. The van der Waals surface area contributed by atoms with Gasteiger partial charge in [-0.2, -0.15) is 0 Å². The first-order chi connectivity index (χ1) is 9.27. The van der Waals surface area contributed by atoms with Crippen molar-refractivity contribution in [2.45, 2.75) is 51.2 Å². The summed E-state index contributed by atoms with van der Waals surface area (Å²) >= 11 is 1.36. The van der Waals surface area contributed by atoms with E-state index in [1.54, 1.807) is 0 Å². The van der Waals surface area contributed by atoms with Gasteiger partial charge in [0.15, 0.2) is 11.2 Å². The first-order valence-corrected chi connectivity index (χ1v) is 7.30. The number of thiazole rings is 1. The third-order valence-electron chi connectivity index (χ3n) is 3.09. The van der Waals surface area contributed by atoms with Gasteiger partial charge >= 0.3 is 5.97 Å². The van der Waals surface area contributed by atoms with Crippen LogP contribution in [0.2, 0.25) is 0 Å². The number of hydrogen-bond acceptors (Lipinski definition) is 5. The van der Waals surface area contributed by atoms with Gasteiger partial charge in [-0.05, 0) is 12.8 Å². The predicted molar refractivity (Wildman–Crippen MR) is 75.0 cm³/mol. The van der Waals surface area contributed by atoms with Gasteiger partial charge < -0.3 is 9.84 Å². The minimum atomic E-state index is -1.02. The van der Waals surface area contributed by atoms with E-state index in [-0.39, 0.29) is 11.3 Å². The first-order valence-electron chi connectivity index (χ1n) is 6.42. The molecule has 1 amide bonds. The minimum Gasteiger partial charge on any atom is -0.479 e. The first kappa shape index (κ1) is 14.9. The van der Waals surface area contributed by atoms with Crippen molar-refractivity contribution in [1.29, 1.82) is 0 Å². The van der Waals surface area contributed by atoms with Crippen LogP contribution in [0.3, 0.4) is 0 Å². The number of rotatable bonds is 3. The fraction of sp³-hybridized carbons (Fsp3) is 0.615. The van der Waals surface area contributed by atoms with Crippen molar-refractivity contribution in [3.8, 4) is 0 Å². The van der Waals surface area contributed by atoms with Crippen molar-refractivity contribution in [1.82, 2.24) is 4.98 Å². The number of carbonyl (C=O) groups is 2. The minimum absolute atomic E-state index is 0.0717. The van der Waals surface area contributed by atoms with Crippen LogP contribution in [-0.4, -0.2) is 34.2 Å². The van der Waals surface area contributed by atoms with Crippen LogP contribution in [0, 0.1) is 0 Å². The van der Waals surface area contributed by atoms with Crippen LogP contribution < -0.4 is 5.32 Å². The molecule has 20 heavy (non-hydrogen) atoms. The van der Waals surface area contributed by atoms with Crippen LogP contribution in [0.25, 0.3) is 0 Å². The van der Waals surface area contributed by atoms with Crippen LogP contribution in [-0.2, 0) is 19.7 Å². The number of carboxylic acids is 1. The Balaban J connectivity index is 1.95. The number of anilines is 1. The molecule has 1 aromatic heterocycles. The Labute approximate surface area is 121 Å². The standard InChI is InChI=1S/C13H18N2O4S/c1-13(2,3)9-6-20-12(14-9)15-10(16)7-4-5-8(19-7)11(17)18/h6-8H,4-5H2,1-3H3,(H,17,18)(H,14,15,16). The van der Waals surface area contributed by atoms with E-state index in [2.05, 4.69) is 10.3 Å². The molecule has 2 N–H and O–H groups in total. The maximum Gasteiger partial charge on any atom is 0.332 e. The zero-order valence-electron chi connectivity index (χ0n) is 11.7. The molecular formula is C13H18N2O4S. The van der Waals surface area contributed by atoms with Gasteiger partial charge in [0.25, 0.3) is 5.91 Å². The van der Waals surface area contributed by atoms with Crippen LogP contribution in [0.1, 0.15) is 39.3 Å². The molecule has 2 heterocycles. The Bertz CT molecular complexity index is 521. The topological polar surface area (TPSA) is 88.5 Å². The summed E-state index contributed by atoms with van der Waals surface area (Å²) < 4.78 is 5.20. The summed E-state index contributed by atoms with van der Waals surface area (Å²) in [6.45, 7) is 6.14. The van der Waals surface area contributed by atoms with E-state index in [1.807, 2.05) is 26.2 Å². The van der Waals surface area contributed by atoms with Gasteiger partial charge in [-0.1, -0.05) is 20.8 Å². The molecule has 1 saturated heterocycles. The molecule has 1 fully saturated rings. The van der Waals surface area contributed by atoms with Crippen molar-refractivity contribution in [2.75, 3.05) is 5.32 Å². The fourth-order valence-electron chi connectivity index (χ4n) is 1.87. The maximum absolute atomic E-state index is 12.0. The van der Waals surface area contributed by atoms with E-state index in [4.69, 9.17) is 9.84 Å². The van der Waals surface area contributed by atoms with E-state index in [9.17, 15) is 9.59 Å². The number of carboxylic acid groups (broad SMARTS) is 1. The highest BCUT2D eigenvalue weighted by Gasteiger charge is 2.35. The molecule has 2 atom stereocenters. The Kier molecular flexibility index (Phi) is 4.10. The van der Waals surface area contributed by atoms with Crippen LogP contribution >= 0.6 is 11.3 Å². The second kappa shape index (κ2) is 5.49. The molecule has 2 rings (SSSR count). The lowest BCUT2D eigenvalue weighted by Crippen LogP contribution is -2.30. The summed E-state index contributed by atoms with van der Waals surface area (Å²) in [5.74, 6) is -1.35. The average molecular weight is 298 g/mol. The fourth-order valence-corrected chi connectivity index (χ4v) is 2.81. The highest BCUT2D eigenvalue weighted by atomic mass is 32.1.